The molecule has 6 bridgehead atoms. The number of aliphatic imine (C=N–C) groups is 1. The van der Waals surface area contributed by atoms with Gasteiger partial charge in [-0.15, -0.1) is 0 Å². The Bertz CT molecular complexity index is 939. The number of amides is 1. The second-order valence-corrected chi connectivity index (χ2v) is 10.2. The van der Waals surface area contributed by atoms with Gasteiger partial charge >= 0.3 is 0 Å². The number of nitrogens with zero attached hydrogens (tertiary/aromatic N) is 5. The number of carbonyl (C=O) groups excluding carboxylic acids is 1. The zero-order valence-corrected chi connectivity index (χ0v) is 19.9. The normalized spacial score (nSPS) is 31.1. The van der Waals surface area contributed by atoms with Crippen molar-refractivity contribution in [2.45, 2.75) is 57.2 Å². The van der Waals surface area contributed by atoms with Crippen LogP contribution in [0.3, 0.4) is 0 Å². The maximum Gasteiger partial charge on any atom is 0.243 e. The fourth-order valence-corrected chi connectivity index (χ4v) is 5.79. The molecule has 3 unspecified atom stereocenters. The van der Waals surface area contributed by atoms with Crippen molar-refractivity contribution in [1.82, 2.24) is 19.5 Å². The molecule has 0 radical (unpaired) electrons. The molecule has 1 aliphatic carbocycles. The van der Waals surface area contributed by atoms with Crippen LogP contribution in [0, 0.1) is 0 Å². The first-order valence-electron chi connectivity index (χ1n) is 11.5. The second kappa shape index (κ2) is 8.94. The third kappa shape index (κ3) is 4.32. The van der Waals surface area contributed by atoms with E-state index in [4.69, 9.17) is 9.73 Å². The molecule has 1 N–H and O–H groups in total. The van der Waals surface area contributed by atoms with Gasteiger partial charge in [-0.3, -0.25) is 9.80 Å². The molecule has 5 aliphatic rings. The van der Waals surface area contributed by atoms with E-state index in [0.717, 1.165) is 50.4 Å². The molecule has 2 fully saturated rings. The van der Waals surface area contributed by atoms with E-state index in [1.807, 2.05) is 23.2 Å². The summed E-state index contributed by atoms with van der Waals surface area (Å²) >= 11 is 1.61. The van der Waals surface area contributed by atoms with Gasteiger partial charge in [0.2, 0.25) is 5.91 Å². The standard InChI is InChI=1S/C23H32N6O2S/c1-15-6-4-7-16(2)22(15)19-10-21-27(3)23(25-19)26-32-18-11-24-29(13-18)14-20(30)28-9-5-8-17(12-28)31-21/h6,10-11,17-18,23,26H,4-5,7-9,12-14H2,1-3H3. The lowest BCUT2D eigenvalue weighted by molar-refractivity contribution is -0.136. The Morgan fingerprint density at radius 1 is 1.28 bits per heavy atom. The van der Waals surface area contributed by atoms with Crippen LogP contribution >= 0.6 is 11.9 Å². The minimum absolute atomic E-state index is 0.0232. The lowest BCUT2D eigenvalue weighted by Gasteiger charge is -2.39. The van der Waals surface area contributed by atoms with Crippen LogP contribution in [0.15, 0.2) is 44.8 Å². The van der Waals surface area contributed by atoms with Crippen LogP contribution in [-0.4, -0.2) is 83.5 Å². The third-order valence-electron chi connectivity index (χ3n) is 6.73. The number of hydrogen-bond donors (Lipinski definition) is 1. The van der Waals surface area contributed by atoms with Crippen LogP contribution < -0.4 is 4.72 Å². The third-order valence-corrected chi connectivity index (χ3v) is 7.65. The number of carbonyl (C=O) groups is 1. The van der Waals surface area contributed by atoms with E-state index >= 15 is 0 Å². The quantitative estimate of drug-likeness (QED) is 0.611. The van der Waals surface area contributed by atoms with Crippen molar-refractivity contribution < 1.29 is 9.53 Å². The molecule has 0 spiro atoms. The number of rotatable bonds is 1. The highest BCUT2D eigenvalue weighted by molar-refractivity contribution is 7.98. The molecule has 1 amide bonds. The summed E-state index contributed by atoms with van der Waals surface area (Å²) < 4.78 is 10.1. The van der Waals surface area contributed by atoms with Crippen LogP contribution in [0.1, 0.15) is 39.5 Å². The first-order chi connectivity index (χ1) is 15.5. The molecule has 4 aliphatic heterocycles. The Balaban J connectivity index is 1.49. The molecule has 0 saturated carbocycles. The van der Waals surface area contributed by atoms with Crippen LogP contribution in [0.2, 0.25) is 0 Å². The molecular weight excluding hydrogens is 424 g/mol. The van der Waals surface area contributed by atoms with Gasteiger partial charge in [0.25, 0.3) is 0 Å². The molecule has 0 aromatic carbocycles. The van der Waals surface area contributed by atoms with E-state index < -0.39 is 0 Å². The summed E-state index contributed by atoms with van der Waals surface area (Å²) in [5.41, 5.74) is 4.86. The first-order valence-corrected chi connectivity index (χ1v) is 12.4. The van der Waals surface area contributed by atoms with Gasteiger partial charge in [-0.1, -0.05) is 23.6 Å². The number of hydrazone groups is 1. The SMILES string of the molecule is CC1=CCCC(C)=C1C1=NC2NSC3C=NN(CC(=O)N4CCCC(C4)OC(=C1)N2C)C3. The fourth-order valence-electron chi connectivity index (χ4n) is 4.92. The minimum atomic E-state index is -0.239. The van der Waals surface area contributed by atoms with Gasteiger partial charge in [-0.25, -0.2) is 9.71 Å². The highest BCUT2D eigenvalue weighted by Crippen LogP contribution is 2.31. The topological polar surface area (TPSA) is 72.8 Å². The van der Waals surface area contributed by atoms with Crippen LogP contribution in [0.5, 0.6) is 0 Å². The molecule has 0 aromatic rings. The number of hydrogen-bond acceptors (Lipinski definition) is 8. The molecule has 9 heteroatoms. The van der Waals surface area contributed by atoms with Gasteiger partial charge in [0.05, 0.1) is 24.1 Å². The maximum atomic E-state index is 12.9. The molecular formula is C23H32N6O2S. The molecule has 5 rings (SSSR count). The lowest BCUT2D eigenvalue weighted by Crippen LogP contribution is -2.49. The Kier molecular flexibility index (Phi) is 6.03. The maximum absolute atomic E-state index is 12.9. The monoisotopic (exact) mass is 456 g/mol. The molecule has 32 heavy (non-hydrogen) atoms. The predicted octanol–water partition coefficient (Wildman–Crippen LogP) is 2.48. The highest BCUT2D eigenvalue weighted by atomic mass is 32.2. The molecule has 4 heterocycles. The average molecular weight is 457 g/mol. The molecule has 3 atom stereocenters. The van der Waals surface area contributed by atoms with Crippen molar-refractivity contribution in [3.05, 3.63) is 34.8 Å². The van der Waals surface area contributed by atoms with Crippen molar-refractivity contribution in [2.24, 2.45) is 10.1 Å². The van der Waals surface area contributed by atoms with E-state index in [2.05, 4.69) is 40.7 Å². The lowest BCUT2D eigenvalue weighted by atomic mass is 9.89. The van der Waals surface area contributed by atoms with Crippen molar-refractivity contribution in [3.63, 3.8) is 0 Å². The van der Waals surface area contributed by atoms with E-state index in [1.165, 1.54) is 16.7 Å². The van der Waals surface area contributed by atoms with Gasteiger partial charge < -0.3 is 14.5 Å². The molecule has 172 valence electrons. The summed E-state index contributed by atoms with van der Waals surface area (Å²) in [6.07, 6.45) is 10.1. The van der Waals surface area contributed by atoms with Gasteiger partial charge in [0, 0.05) is 31.5 Å². The highest BCUT2D eigenvalue weighted by Gasteiger charge is 2.33. The summed E-state index contributed by atoms with van der Waals surface area (Å²) in [6, 6.07) is 0. The number of ether oxygens (including phenoxy) is 1. The number of nitrogens with one attached hydrogen (secondary N) is 1. The van der Waals surface area contributed by atoms with Crippen LogP contribution in [0.4, 0.5) is 0 Å². The average Bonchev–Trinajstić information content (AvgIpc) is 3.21. The van der Waals surface area contributed by atoms with Gasteiger partial charge in [-0.05, 0) is 45.1 Å². The molecule has 0 aromatic heterocycles. The van der Waals surface area contributed by atoms with Gasteiger partial charge in [0.1, 0.15) is 12.6 Å². The van der Waals surface area contributed by atoms with E-state index in [1.54, 1.807) is 11.9 Å². The zero-order valence-electron chi connectivity index (χ0n) is 19.1. The van der Waals surface area contributed by atoms with E-state index in [-0.39, 0.29) is 23.6 Å². The summed E-state index contributed by atoms with van der Waals surface area (Å²) in [5, 5.41) is 6.50. The Morgan fingerprint density at radius 3 is 3.00 bits per heavy atom. The number of allylic oxidation sites excluding steroid dienone is 5. The number of fused-ring (bicyclic) bond motifs is 6. The van der Waals surface area contributed by atoms with Gasteiger partial charge in [-0.2, -0.15) is 5.10 Å². The first kappa shape index (κ1) is 21.6. The summed E-state index contributed by atoms with van der Waals surface area (Å²) in [6.45, 7) is 6.83. The Morgan fingerprint density at radius 2 is 2.16 bits per heavy atom. The predicted molar refractivity (Wildman–Crippen MR) is 128 cm³/mol. The molecule has 8 nitrogen and oxygen atoms in total. The summed E-state index contributed by atoms with van der Waals surface area (Å²) in [5.74, 6) is 0.936. The summed E-state index contributed by atoms with van der Waals surface area (Å²) in [4.78, 5) is 21.9. The van der Waals surface area contributed by atoms with Crippen molar-refractivity contribution in [1.29, 1.82) is 0 Å². The second-order valence-electron chi connectivity index (χ2n) is 9.17. The minimum Gasteiger partial charge on any atom is -0.474 e. The summed E-state index contributed by atoms with van der Waals surface area (Å²) in [7, 11) is 2.02. The fraction of sp³-hybridized carbons (Fsp3) is 0.609. The molecule has 2 saturated heterocycles. The van der Waals surface area contributed by atoms with Crippen LogP contribution in [0.25, 0.3) is 0 Å². The van der Waals surface area contributed by atoms with Crippen molar-refractivity contribution >= 4 is 29.8 Å². The largest absolute Gasteiger partial charge is 0.474 e. The van der Waals surface area contributed by atoms with Gasteiger partial charge in [0.15, 0.2) is 12.2 Å². The van der Waals surface area contributed by atoms with Crippen molar-refractivity contribution in [2.75, 3.05) is 33.2 Å². The van der Waals surface area contributed by atoms with E-state index in [0.29, 0.717) is 13.1 Å². The number of piperidine rings is 1. The smallest absolute Gasteiger partial charge is 0.243 e. The Hall–Kier alpha value is -2.26. The Labute approximate surface area is 194 Å². The zero-order chi connectivity index (χ0) is 22.2. The van der Waals surface area contributed by atoms with Crippen LogP contribution in [-0.2, 0) is 9.53 Å². The van der Waals surface area contributed by atoms with E-state index in [9.17, 15) is 4.79 Å². The van der Waals surface area contributed by atoms with Crippen molar-refractivity contribution in [3.8, 4) is 0 Å².